The first-order chi connectivity index (χ1) is 15.6. The van der Waals surface area contributed by atoms with Crippen molar-refractivity contribution in [2.24, 2.45) is 0 Å². The summed E-state index contributed by atoms with van der Waals surface area (Å²) in [7, 11) is 0. The molecule has 0 aliphatic heterocycles. The fourth-order valence-electron chi connectivity index (χ4n) is 3.73. The smallest absolute Gasteiger partial charge is 0.323 e. The summed E-state index contributed by atoms with van der Waals surface area (Å²) in [6.45, 7) is 1.80. The molecule has 1 aromatic heterocycles. The van der Waals surface area contributed by atoms with Crippen molar-refractivity contribution in [2.75, 3.05) is 10.6 Å². The Morgan fingerprint density at radius 1 is 0.938 bits per heavy atom. The predicted octanol–water partition coefficient (Wildman–Crippen LogP) is 7.60. The van der Waals surface area contributed by atoms with Crippen molar-refractivity contribution in [3.63, 3.8) is 0 Å². The van der Waals surface area contributed by atoms with E-state index in [2.05, 4.69) is 68.1 Å². The Morgan fingerprint density at radius 2 is 1.59 bits per heavy atom. The highest BCUT2D eigenvalue weighted by atomic mass is 79.9. The maximum Gasteiger partial charge on any atom is 0.323 e. The fraction of sp³-hybridized carbons (Fsp3) is 0.154. The van der Waals surface area contributed by atoms with Gasteiger partial charge in [0.1, 0.15) is 11.4 Å². The molecular formula is C26H22BrN3O2. The van der Waals surface area contributed by atoms with Crippen molar-refractivity contribution in [3.05, 3.63) is 88.5 Å². The summed E-state index contributed by atoms with van der Waals surface area (Å²) >= 11 is 3.40. The van der Waals surface area contributed by atoms with E-state index in [1.807, 2.05) is 36.4 Å². The molecule has 32 heavy (non-hydrogen) atoms. The summed E-state index contributed by atoms with van der Waals surface area (Å²) in [5, 5.41) is 9.75. The highest BCUT2D eigenvalue weighted by Gasteiger charge is 2.23. The number of amides is 2. The summed E-state index contributed by atoms with van der Waals surface area (Å²) in [5.74, 6) is 1.29. The summed E-state index contributed by atoms with van der Waals surface area (Å²) in [5.41, 5.74) is 6.45. The molecule has 6 heteroatoms. The number of hydrogen-bond donors (Lipinski definition) is 2. The third-order valence-electron chi connectivity index (χ3n) is 5.62. The Balaban J connectivity index is 1.33. The number of halogens is 1. The third-order valence-corrected chi connectivity index (χ3v) is 6.12. The summed E-state index contributed by atoms with van der Waals surface area (Å²) in [6.07, 6.45) is 2.61. The van der Waals surface area contributed by atoms with Crippen LogP contribution in [0.1, 0.15) is 30.0 Å². The molecule has 0 radical (unpaired) electrons. The van der Waals surface area contributed by atoms with Crippen LogP contribution in [0.4, 0.5) is 16.2 Å². The van der Waals surface area contributed by atoms with Crippen molar-refractivity contribution < 1.29 is 9.32 Å². The highest BCUT2D eigenvalue weighted by molar-refractivity contribution is 9.10. The Hall–Kier alpha value is -3.38. The van der Waals surface area contributed by atoms with Crippen LogP contribution in [0.25, 0.3) is 22.5 Å². The molecule has 1 fully saturated rings. The standard InChI is InChI=1S/C26H22BrN3O2/c1-16-24(29-26(31)28-23-4-2-3-22(27)15-23)25(32-30-16)21-13-11-20(12-14-21)19-9-7-18(8-10-19)17-5-6-17/h2-4,7-15,17H,5-6H2,1H3,(H2,28,29,31). The second kappa shape index (κ2) is 8.63. The van der Waals surface area contributed by atoms with Gasteiger partial charge in [-0.2, -0.15) is 0 Å². The van der Waals surface area contributed by atoms with Gasteiger partial charge in [-0.3, -0.25) is 0 Å². The first-order valence-corrected chi connectivity index (χ1v) is 11.4. The van der Waals surface area contributed by atoms with Gasteiger partial charge in [-0.25, -0.2) is 4.79 Å². The van der Waals surface area contributed by atoms with Gasteiger partial charge in [-0.1, -0.05) is 75.7 Å². The molecule has 1 heterocycles. The van der Waals surface area contributed by atoms with E-state index in [-0.39, 0.29) is 6.03 Å². The van der Waals surface area contributed by atoms with Crippen LogP contribution >= 0.6 is 15.9 Å². The summed E-state index contributed by atoms with van der Waals surface area (Å²) in [4.78, 5) is 12.5. The van der Waals surface area contributed by atoms with Crippen molar-refractivity contribution >= 4 is 33.3 Å². The lowest BCUT2D eigenvalue weighted by molar-refractivity contribution is 0.262. The van der Waals surface area contributed by atoms with E-state index in [9.17, 15) is 4.79 Å². The quantitative estimate of drug-likeness (QED) is 0.304. The number of rotatable bonds is 5. The Kier molecular flexibility index (Phi) is 5.53. The number of nitrogens with zero attached hydrogens (tertiary/aromatic N) is 1. The van der Waals surface area contributed by atoms with E-state index in [4.69, 9.17) is 4.52 Å². The van der Waals surface area contributed by atoms with Crippen LogP contribution in [0.5, 0.6) is 0 Å². The van der Waals surface area contributed by atoms with Gasteiger partial charge in [-0.15, -0.1) is 0 Å². The van der Waals surface area contributed by atoms with Gasteiger partial charge in [0.25, 0.3) is 0 Å². The van der Waals surface area contributed by atoms with Crippen LogP contribution < -0.4 is 10.6 Å². The van der Waals surface area contributed by atoms with Gasteiger partial charge in [0.2, 0.25) is 0 Å². The molecule has 0 bridgehead atoms. The number of carbonyl (C=O) groups is 1. The molecule has 0 atom stereocenters. The number of urea groups is 1. The molecule has 5 nitrogen and oxygen atoms in total. The molecule has 1 saturated carbocycles. The van der Waals surface area contributed by atoms with Crippen molar-refractivity contribution in [2.45, 2.75) is 25.7 Å². The third kappa shape index (κ3) is 4.46. The molecule has 5 rings (SSSR count). The zero-order chi connectivity index (χ0) is 22.1. The number of aromatic nitrogens is 1. The average Bonchev–Trinajstić information content (AvgIpc) is 3.59. The van der Waals surface area contributed by atoms with Gasteiger partial charge in [-0.05, 0) is 60.6 Å². The second-order valence-corrected chi connectivity index (χ2v) is 8.95. The summed E-state index contributed by atoms with van der Waals surface area (Å²) < 4.78 is 6.43. The lowest BCUT2D eigenvalue weighted by atomic mass is 10.0. The van der Waals surface area contributed by atoms with Crippen LogP contribution in [0.2, 0.25) is 0 Å². The minimum atomic E-state index is -0.358. The molecule has 4 aromatic rings. The van der Waals surface area contributed by atoms with Crippen LogP contribution in [0, 0.1) is 6.92 Å². The second-order valence-electron chi connectivity index (χ2n) is 8.04. The minimum absolute atomic E-state index is 0.358. The average molecular weight is 488 g/mol. The Labute approximate surface area is 195 Å². The molecule has 2 N–H and O–H groups in total. The lowest BCUT2D eigenvalue weighted by Crippen LogP contribution is -2.20. The number of hydrogen-bond acceptors (Lipinski definition) is 3. The van der Waals surface area contributed by atoms with Gasteiger partial charge in [0.05, 0.1) is 0 Å². The highest BCUT2D eigenvalue weighted by Crippen LogP contribution is 2.40. The van der Waals surface area contributed by atoms with Gasteiger partial charge in [0, 0.05) is 15.7 Å². The first-order valence-electron chi connectivity index (χ1n) is 10.6. The number of nitrogens with one attached hydrogen (secondary N) is 2. The summed E-state index contributed by atoms with van der Waals surface area (Å²) in [6, 6.07) is 24.0. The molecule has 1 aliphatic rings. The van der Waals surface area contributed by atoms with Crippen molar-refractivity contribution in [1.82, 2.24) is 5.16 Å². The van der Waals surface area contributed by atoms with Crippen molar-refractivity contribution in [1.29, 1.82) is 0 Å². The molecular weight excluding hydrogens is 466 g/mol. The molecule has 1 aliphatic carbocycles. The van der Waals surface area contributed by atoms with E-state index < -0.39 is 0 Å². The monoisotopic (exact) mass is 487 g/mol. The van der Waals surface area contributed by atoms with E-state index in [0.29, 0.717) is 22.8 Å². The van der Waals surface area contributed by atoms with E-state index in [1.54, 1.807) is 6.92 Å². The lowest BCUT2D eigenvalue weighted by Gasteiger charge is -2.09. The molecule has 2 amide bonds. The minimum Gasteiger partial charge on any atom is -0.354 e. The van der Waals surface area contributed by atoms with Crippen LogP contribution in [0.3, 0.4) is 0 Å². The number of anilines is 2. The number of carbonyl (C=O) groups excluding carboxylic acids is 1. The molecule has 0 saturated heterocycles. The Morgan fingerprint density at radius 3 is 2.25 bits per heavy atom. The topological polar surface area (TPSA) is 67.2 Å². The normalized spacial score (nSPS) is 13.1. The maximum atomic E-state index is 12.5. The van der Waals surface area contributed by atoms with E-state index in [0.717, 1.165) is 21.5 Å². The number of aryl methyl sites for hydroxylation is 1. The van der Waals surface area contributed by atoms with Crippen LogP contribution in [-0.2, 0) is 0 Å². The zero-order valence-corrected chi connectivity index (χ0v) is 19.1. The predicted molar refractivity (Wildman–Crippen MR) is 131 cm³/mol. The number of benzene rings is 3. The van der Waals surface area contributed by atoms with E-state index >= 15 is 0 Å². The van der Waals surface area contributed by atoms with Crippen molar-refractivity contribution in [3.8, 4) is 22.5 Å². The van der Waals surface area contributed by atoms with Gasteiger partial charge < -0.3 is 15.2 Å². The van der Waals surface area contributed by atoms with Gasteiger partial charge in [0.15, 0.2) is 5.76 Å². The zero-order valence-electron chi connectivity index (χ0n) is 17.6. The molecule has 0 unspecified atom stereocenters. The maximum absolute atomic E-state index is 12.5. The Bertz CT molecular complexity index is 1260. The molecule has 0 spiro atoms. The molecule has 160 valence electrons. The van der Waals surface area contributed by atoms with Gasteiger partial charge >= 0.3 is 6.03 Å². The van der Waals surface area contributed by atoms with E-state index in [1.165, 1.54) is 24.0 Å². The van der Waals surface area contributed by atoms with Crippen LogP contribution in [-0.4, -0.2) is 11.2 Å². The molecule has 3 aromatic carbocycles. The largest absolute Gasteiger partial charge is 0.354 e. The van der Waals surface area contributed by atoms with Crippen LogP contribution in [0.15, 0.2) is 81.8 Å². The fourth-order valence-corrected chi connectivity index (χ4v) is 4.13. The SMILES string of the molecule is Cc1noc(-c2ccc(-c3ccc(C4CC4)cc3)cc2)c1NC(=O)Nc1cccc(Br)c1. The first kappa shape index (κ1) is 20.5.